The van der Waals surface area contributed by atoms with Crippen LogP contribution in [0.4, 0.5) is 5.69 Å². The fourth-order valence-electron chi connectivity index (χ4n) is 2.12. The van der Waals surface area contributed by atoms with Gasteiger partial charge in [-0.15, -0.1) is 11.8 Å². The third kappa shape index (κ3) is 7.15. The maximum absolute atomic E-state index is 11.8. The van der Waals surface area contributed by atoms with Crippen LogP contribution in [0.25, 0.3) is 0 Å². The predicted octanol–water partition coefficient (Wildman–Crippen LogP) is 3.20. The zero-order chi connectivity index (χ0) is 19.6. The molecule has 0 aliphatic rings. The van der Waals surface area contributed by atoms with Crippen LogP contribution in [-0.2, 0) is 25.7 Å². The lowest BCUT2D eigenvalue weighted by molar-refractivity contribution is -0.141. The number of esters is 2. The van der Waals surface area contributed by atoms with Crippen LogP contribution in [-0.4, -0.2) is 36.5 Å². The van der Waals surface area contributed by atoms with Crippen molar-refractivity contribution in [3.05, 3.63) is 65.2 Å². The zero-order valence-electron chi connectivity index (χ0n) is 15.2. The van der Waals surface area contributed by atoms with Crippen LogP contribution in [0.1, 0.15) is 21.5 Å². The number of hydrogen-bond donors (Lipinski definition) is 1. The molecule has 0 saturated carbocycles. The Labute approximate surface area is 162 Å². The molecule has 0 aliphatic heterocycles. The van der Waals surface area contributed by atoms with Gasteiger partial charge in [-0.05, 0) is 36.8 Å². The summed E-state index contributed by atoms with van der Waals surface area (Å²) in [4.78, 5) is 35.0. The number of ether oxygens (including phenoxy) is 2. The quantitative estimate of drug-likeness (QED) is 0.701. The number of nitrogens with one attached hydrogen (secondary N) is 1. The number of amides is 1. The number of carbonyl (C=O) groups is 3. The lowest BCUT2D eigenvalue weighted by atomic mass is 10.1. The molecule has 0 bridgehead atoms. The van der Waals surface area contributed by atoms with Crippen LogP contribution in [0, 0.1) is 6.92 Å². The second kappa shape index (κ2) is 10.4. The van der Waals surface area contributed by atoms with E-state index in [0.29, 0.717) is 5.56 Å². The largest absolute Gasteiger partial charge is 0.465 e. The minimum absolute atomic E-state index is 0.0849. The number of benzene rings is 2. The minimum atomic E-state index is -0.418. The van der Waals surface area contributed by atoms with Crippen LogP contribution in [0.3, 0.4) is 0 Å². The Hall–Kier alpha value is -2.80. The molecule has 2 rings (SSSR count). The van der Waals surface area contributed by atoms with Gasteiger partial charge in [0.25, 0.3) is 0 Å². The van der Waals surface area contributed by atoms with Crippen LogP contribution in [0.5, 0.6) is 0 Å². The molecule has 7 heteroatoms. The highest BCUT2D eigenvalue weighted by molar-refractivity contribution is 8.00. The first kappa shape index (κ1) is 20.5. The van der Waals surface area contributed by atoms with Crippen molar-refractivity contribution >= 4 is 35.3 Å². The van der Waals surface area contributed by atoms with Gasteiger partial charge in [-0.2, -0.15) is 0 Å². The van der Waals surface area contributed by atoms with Crippen LogP contribution < -0.4 is 5.32 Å². The first-order valence-electron chi connectivity index (χ1n) is 8.25. The molecule has 0 spiro atoms. The summed E-state index contributed by atoms with van der Waals surface area (Å²) in [6.07, 6.45) is 0. The molecule has 0 fully saturated rings. The topological polar surface area (TPSA) is 81.7 Å². The highest BCUT2D eigenvalue weighted by Crippen LogP contribution is 2.11. The summed E-state index contributed by atoms with van der Waals surface area (Å²) < 4.78 is 9.78. The van der Waals surface area contributed by atoms with Gasteiger partial charge in [0, 0.05) is 5.69 Å². The van der Waals surface area contributed by atoms with Crippen molar-refractivity contribution in [3.8, 4) is 0 Å². The Kier molecular flexibility index (Phi) is 7.88. The Morgan fingerprint density at radius 1 is 0.963 bits per heavy atom. The monoisotopic (exact) mass is 387 g/mol. The maximum Gasteiger partial charge on any atom is 0.337 e. The lowest BCUT2D eigenvalue weighted by Gasteiger charge is -2.07. The Bertz CT molecular complexity index is 787. The van der Waals surface area contributed by atoms with Gasteiger partial charge >= 0.3 is 11.9 Å². The van der Waals surface area contributed by atoms with Crippen molar-refractivity contribution in [2.24, 2.45) is 0 Å². The first-order chi connectivity index (χ1) is 13.0. The molecule has 0 atom stereocenters. The van der Waals surface area contributed by atoms with Crippen molar-refractivity contribution in [1.82, 2.24) is 0 Å². The molecule has 1 amide bonds. The van der Waals surface area contributed by atoms with E-state index in [4.69, 9.17) is 4.74 Å². The number of anilines is 1. The third-order valence-corrected chi connectivity index (χ3v) is 4.47. The number of hydrogen-bond acceptors (Lipinski definition) is 6. The van der Waals surface area contributed by atoms with Gasteiger partial charge in [-0.25, -0.2) is 4.79 Å². The second-order valence-corrected chi connectivity index (χ2v) is 6.74. The first-order valence-corrected chi connectivity index (χ1v) is 9.40. The highest BCUT2D eigenvalue weighted by Gasteiger charge is 2.09. The average molecular weight is 387 g/mol. The Balaban J connectivity index is 1.66. The van der Waals surface area contributed by atoms with E-state index < -0.39 is 11.9 Å². The summed E-state index contributed by atoms with van der Waals surface area (Å²) in [7, 11) is 1.32. The molecule has 2 aromatic rings. The van der Waals surface area contributed by atoms with E-state index in [1.165, 1.54) is 18.9 Å². The molecular formula is C20H21NO5S. The molecule has 0 saturated heterocycles. The van der Waals surface area contributed by atoms with Gasteiger partial charge in [0.1, 0.15) is 6.61 Å². The summed E-state index contributed by atoms with van der Waals surface area (Å²) in [5.74, 6) is -0.743. The molecule has 0 aliphatic carbocycles. The fraction of sp³-hybridized carbons (Fsp3) is 0.250. The van der Waals surface area contributed by atoms with E-state index in [0.717, 1.165) is 16.8 Å². The molecule has 0 heterocycles. The number of methoxy groups -OCH3 is 1. The maximum atomic E-state index is 11.8. The molecule has 0 aromatic heterocycles. The molecule has 142 valence electrons. The third-order valence-electron chi connectivity index (χ3n) is 3.56. The highest BCUT2D eigenvalue weighted by atomic mass is 32.2. The minimum Gasteiger partial charge on any atom is -0.465 e. The second-order valence-electron chi connectivity index (χ2n) is 5.76. The van der Waals surface area contributed by atoms with Gasteiger partial charge in [-0.3, -0.25) is 9.59 Å². The van der Waals surface area contributed by atoms with E-state index >= 15 is 0 Å². The number of thioether (sulfide) groups is 1. The fourth-order valence-corrected chi connectivity index (χ4v) is 2.73. The van der Waals surface area contributed by atoms with E-state index in [9.17, 15) is 14.4 Å². The van der Waals surface area contributed by atoms with Gasteiger partial charge in [-0.1, -0.05) is 29.8 Å². The van der Waals surface area contributed by atoms with Crippen molar-refractivity contribution in [1.29, 1.82) is 0 Å². The SMILES string of the molecule is COC(=O)c1ccc(COC(=O)CSCC(=O)Nc2ccc(C)cc2)cc1. The Morgan fingerprint density at radius 2 is 1.63 bits per heavy atom. The molecule has 0 unspecified atom stereocenters. The van der Waals surface area contributed by atoms with Crippen LogP contribution in [0.15, 0.2) is 48.5 Å². The van der Waals surface area contributed by atoms with Gasteiger partial charge in [0.2, 0.25) is 5.91 Å². The number of aryl methyl sites for hydroxylation is 1. The number of carbonyl (C=O) groups excluding carboxylic acids is 3. The van der Waals surface area contributed by atoms with E-state index in [-0.39, 0.29) is 24.0 Å². The van der Waals surface area contributed by atoms with Crippen molar-refractivity contribution in [3.63, 3.8) is 0 Å². The summed E-state index contributed by atoms with van der Waals surface area (Å²) in [6.45, 7) is 2.08. The van der Waals surface area contributed by atoms with Crippen molar-refractivity contribution < 1.29 is 23.9 Å². The van der Waals surface area contributed by atoms with Gasteiger partial charge < -0.3 is 14.8 Å². The summed E-state index contributed by atoms with van der Waals surface area (Å²) in [5.41, 5.74) is 3.04. The molecular weight excluding hydrogens is 366 g/mol. The van der Waals surface area contributed by atoms with Crippen LogP contribution >= 0.6 is 11.8 Å². The van der Waals surface area contributed by atoms with Crippen molar-refractivity contribution in [2.75, 3.05) is 23.9 Å². The van der Waals surface area contributed by atoms with E-state index in [2.05, 4.69) is 10.1 Å². The zero-order valence-corrected chi connectivity index (χ0v) is 16.0. The van der Waals surface area contributed by atoms with E-state index in [1.54, 1.807) is 24.3 Å². The van der Waals surface area contributed by atoms with Crippen molar-refractivity contribution in [2.45, 2.75) is 13.5 Å². The molecule has 1 N–H and O–H groups in total. The lowest BCUT2D eigenvalue weighted by Crippen LogP contribution is -2.16. The summed E-state index contributed by atoms with van der Waals surface area (Å²) in [5, 5.41) is 2.77. The average Bonchev–Trinajstić information content (AvgIpc) is 2.68. The number of rotatable bonds is 8. The molecule has 0 radical (unpaired) electrons. The Morgan fingerprint density at radius 3 is 2.26 bits per heavy atom. The summed E-state index contributed by atoms with van der Waals surface area (Å²) >= 11 is 1.19. The smallest absolute Gasteiger partial charge is 0.337 e. The standard InChI is InChI=1S/C20H21NO5S/c1-14-3-9-17(10-4-14)21-18(22)12-27-13-19(23)26-11-15-5-7-16(8-6-15)20(24)25-2/h3-10H,11-13H2,1-2H3,(H,21,22). The molecule has 27 heavy (non-hydrogen) atoms. The predicted molar refractivity (Wildman–Crippen MR) is 105 cm³/mol. The normalized spacial score (nSPS) is 10.1. The molecule has 2 aromatic carbocycles. The van der Waals surface area contributed by atoms with Gasteiger partial charge in [0.05, 0.1) is 24.2 Å². The van der Waals surface area contributed by atoms with Crippen LogP contribution in [0.2, 0.25) is 0 Å². The summed E-state index contributed by atoms with van der Waals surface area (Å²) in [6, 6.07) is 14.1. The molecule has 6 nitrogen and oxygen atoms in total. The van der Waals surface area contributed by atoms with E-state index in [1.807, 2.05) is 31.2 Å². The van der Waals surface area contributed by atoms with Gasteiger partial charge in [0.15, 0.2) is 0 Å².